The van der Waals surface area contributed by atoms with Gasteiger partial charge in [-0.05, 0) is 41.0 Å². The number of para-hydroxylation sites is 1. The summed E-state index contributed by atoms with van der Waals surface area (Å²) < 4.78 is 1.78. The lowest BCUT2D eigenvalue weighted by Gasteiger charge is -2.19. The Bertz CT molecular complexity index is 1340. The largest absolute Gasteiger partial charge is 0.480 e. The molecule has 172 valence electrons. The zero-order chi connectivity index (χ0) is 24.1. The SMILES string of the molecule is CC[C@H](C)[C@H](NC(=O)/C=C/c1cn(-c2ccccc2)nc1-c1ccc2ccccc2c1)C(=O)O. The number of nitrogens with zero attached hydrogens (tertiary/aromatic N) is 2. The maximum absolute atomic E-state index is 12.6. The molecule has 0 saturated heterocycles. The van der Waals surface area contributed by atoms with Crippen molar-refractivity contribution in [1.29, 1.82) is 0 Å². The minimum Gasteiger partial charge on any atom is -0.480 e. The van der Waals surface area contributed by atoms with E-state index in [0.717, 1.165) is 33.3 Å². The average Bonchev–Trinajstić information content (AvgIpc) is 3.30. The van der Waals surface area contributed by atoms with E-state index in [1.807, 2.05) is 68.6 Å². The number of aromatic nitrogens is 2. The number of rotatable bonds is 8. The van der Waals surface area contributed by atoms with Crippen LogP contribution in [0.4, 0.5) is 0 Å². The number of carbonyl (C=O) groups excluding carboxylic acids is 1. The zero-order valence-electron chi connectivity index (χ0n) is 19.2. The van der Waals surface area contributed by atoms with E-state index in [-0.39, 0.29) is 5.92 Å². The highest BCUT2D eigenvalue weighted by atomic mass is 16.4. The topological polar surface area (TPSA) is 84.2 Å². The van der Waals surface area contributed by atoms with Crippen molar-refractivity contribution in [3.63, 3.8) is 0 Å². The summed E-state index contributed by atoms with van der Waals surface area (Å²) in [7, 11) is 0. The predicted molar refractivity (Wildman–Crippen MR) is 135 cm³/mol. The van der Waals surface area contributed by atoms with E-state index in [1.165, 1.54) is 6.08 Å². The highest BCUT2D eigenvalue weighted by Crippen LogP contribution is 2.28. The Hall–Kier alpha value is -4.19. The first kappa shape index (κ1) is 23.0. The van der Waals surface area contributed by atoms with E-state index >= 15 is 0 Å². The molecule has 0 unspecified atom stereocenters. The molecule has 0 radical (unpaired) electrons. The molecule has 1 heterocycles. The fraction of sp³-hybridized carbons (Fsp3) is 0.179. The van der Waals surface area contributed by atoms with Gasteiger partial charge in [0.05, 0.1) is 11.4 Å². The molecule has 0 aliphatic carbocycles. The second-order valence-corrected chi connectivity index (χ2v) is 8.32. The highest BCUT2D eigenvalue weighted by Gasteiger charge is 2.24. The fourth-order valence-corrected chi connectivity index (χ4v) is 3.83. The van der Waals surface area contributed by atoms with Crippen LogP contribution in [0.5, 0.6) is 0 Å². The Kier molecular flexibility index (Phi) is 6.87. The van der Waals surface area contributed by atoms with Crippen LogP contribution in [0.3, 0.4) is 0 Å². The Morgan fingerprint density at radius 1 is 1.03 bits per heavy atom. The normalized spacial score (nSPS) is 13.1. The summed E-state index contributed by atoms with van der Waals surface area (Å²) in [5, 5.41) is 19.1. The van der Waals surface area contributed by atoms with E-state index in [4.69, 9.17) is 5.10 Å². The van der Waals surface area contributed by atoms with Crippen molar-refractivity contribution < 1.29 is 14.7 Å². The van der Waals surface area contributed by atoms with Crippen molar-refractivity contribution in [1.82, 2.24) is 15.1 Å². The maximum atomic E-state index is 12.6. The van der Waals surface area contributed by atoms with Crippen molar-refractivity contribution in [3.05, 3.63) is 90.6 Å². The zero-order valence-corrected chi connectivity index (χ0v) is 19.2. The number of carbonyl (C=O) groups is 2. The summed E-state index contributed by atoms with van der Waals surface area (Å²) in [6.07, 6.45) is 5.57. The molecule has 2 N–H and O–H groups in total. The summed E-state index contributed by atoms with van der Waals surface area (Å²) in [5.74, 6) is -1.67. The molecule has 0 saturated carbocycles. The molecule has 3 aromatic carbocycles. The average molecular weight is 454 g/mol. The van der Waals surface area contributed by atoms with Crippen LogP contribution in [0.15, 0.2) is 85.1 Å². The van der Waals surface area contributed by atoms with Gasteiger partial charge in [0.2, 0.25) is 5.91 Å². The third-order valence-corrected chi connectivity index (χ3v) is 5.98. The van der Waals surface area contributed by atoms with E-state index in [2.05, 4.69) is 29.6 Å². The molecule has 1 aromatic heterocycles. The van der Waals surface area contributed by atoms with Crippen LogP contribution in [-0.4, -0.2) is 32.8 Å². The van der Waals surface area contributed by atoms with Crippen LogP contribution in [0.2, 0.25) is 0 Å². The first-order valence-electron chi connectivity index (χ1n) is 11.3. The Morgan fingerprint density at radius 2 is 1.74 bits per heavy atom. The van der Waals surface area contributed by atoms with Crippen molar-refractivity contribution in [3.8, 4) is 16.9 Å². The van der Waals surface area contributed by atoms with Gasteiger partial charge in [-0.1, -0.05) is 74.9 Å². The molecule has 0 fully saturated rings. The Balaban J connectivity index is 1.69. The third kappa shape index (κ3) is 5.07. The number of carboxylic acids is 1. The smallest absolute Gasteiger partial charge is 0.326 e. The molecule has 0 spiro atoms. The van der Waals surface area contributed by atoms with Crippen LogP contribution < -0.4 is 5.32 Å². The molecule has 6 nitrogen and oxygen atoms in total. The number of hydrogen-bond acceptors (Lipinski definition) is 3. The number of amides is 1. The molecular weight excluding hydrogens is 426 g/mol. The molecule has 4 aromatic rings. The van der Waals surface area contributed by atoms with E-state index in [9.17, 15) is 14.7 Å². The number of aliphatic carboxylic acids is 1. The van der Waals surface area contributed by atoms with Gasteiger partial charge < -0.3 is 10.4 Å². The van der Waals surface area contributed by atoms with Gasteiger partial charge in [0.1, 0.15) is 6.04 Å². The van der Waals surface area contributed by atoms with Crippen LogP contribution in [0, 0.1) is 5.92 Å². The van der Waals surface area contributed by atoms with Crippen LogP contribution in [-0.2, 0) is 9.59 Å². The second kappa shape index (κ2) is 10.2. The summed E-state index contributed by atoms with van der Waals surface area (Å²) in [6, 6.07) is 23.1. The Labute approximate surface area is 198 Å². The third-order valence-electron chi connectivity index (χ3n) is 5.98. The van der Waals surface area contributed by atoms with Crippen LogP contribution in [0.25, 0.3) is 33.8 Å². The standard InChI is InChI=1S/C28H27N3O3/c1-3-19(2)26(28(33)34)29-25(32)16-15-23-18-31(24-11-5-4-6-12-24)30-27(23)22-14-13-20-9-7-8-10-21(20)17-22/h4-19,26H,3H2,1-2H3,(H,29,32)(H,33,34)/b16-15+/t19-,26-/m0/s1. The van der Waals surface area contributed by atoms with Crippen molar-refractivity contribution >= 4 is 28.7 Å². The molecule has 6 heteroatoms. The van der Waals surface area contributed by atoms with Crippen molar-refractivity contribution in [2.75, 3.05) is 0 Å². The molecule has 2 atom stereocenters. The first-order valence-corrected chi connectivity index (χ1v) is 11.3. The lowest BCUT2D eigenvalue weighted by atomic mass is 9.99. The summed E-state index contributed by atoms with van der Waals surface area (Å²) in [5.41, 5.74) is 3.31. The minimum absolute atomic E-state index is 0.177. The minimum atomic E-state index is -1.04. The van der Waals surface area contributed by atoms with Gasteiger partial charge in [0.15, 0.2) is 0 Å². The molecule has 0 aliphatic heterocycles. The monoisotopic (exact) mass is 453 g/mol. The van der Waals surface area contributed by atoms with E-state index < -0.39 is 17.9 Å². The van der Waals surface area contributed by atoms with Crippen molar-refractivity contribution in [2.24, 2.45) is 5.92 Å². The lowest BCUT2D eigenvalue weighted by molar-refractivity contribution is -0.142. The van der Waals surface area contributed by atoms with E-state index in [1.54, 1.807) is 10.8 Å². The van der Waals surface area contributed by atoms with Crippen LogP contribution in [0.1, 0.15) is 25.8 Å². The quantitative estimate of drug-likeness (QED) is 0.354. The molecular formula is C28H27N3O3. The summed E-state index contributed by atoms with van der Waals surface area (Å²) in [6.45, 7) is 3.71. The molecule has 0 bridgehead atoms. The number of nitrogens with one attached hydrogen (secondary N) is 1. The predicted octanol–water partition coefficient (Wildman–Crippen LogP) is 5.32. The van der Waals surface area contributed by atoms with Gasteiger partial charge in [0, 0.05) is 23.4 Å². The van der Waals surface area contributed by atoms with Gasteiger partial charge in [-0.3, -0.25) is 4.79 Å². The maximum Gasteiger partial charge on any atom is 0.326 e. The number of carboxylic acid groups (broad SMARTS) is 1. The molecule has 4 rings (SSSR count). The Morgan fingerprint density at radius 3 is 2.44 bits per heavy atom. The lowest BCUT2D eigenvalue weighted by Crippen LogP contribution is -2.44. The van der Waals surface area contributed by atoms with Crippen molar-refractivity contribution in [2.45, 2.75) is 26.3 Å². The fourth-order valence-electron chi connectivity index (χ4n) is 3.83. The van der Waals surface area contributed by atoms with Gasteiger partial charge in [0.25, 0.3) is 0 Å². The molecule has 0 aliphatic rings. The summed E-state index contributed by atoms with van der Waals surface area (Å²) >= 11 is 0. The molecule has 34 heavy (non-hydrogen) atoms. The van der Waals surface area contributed by atoms with Gasteiger partial charge >= 0.3 is 5.97 Å². The number of hydrogen-bond donors (Lipinski definition) is 2. The summed E-state index contributed by atoms with van der Waals surface area (Å²) in [4.78, 5) is 24.1. The number of benzene rings is 3. The van der Waals surface area contributed by atoms with Gasteiger partial charge in [-0.25, -0.2) is 9.48 Å². The van der Waals surface area contributed by atoms with Crippen LogP contribution >= 0.6 is 0 Å². The number of fused-ring (bicyclic) bond motifs is 1. The molecule has 1 amide bonds. The van der Waals surface area contributed by atoms with Gasteiger partial charge in [-0.2, -0.15) is 5.10 Å². The van der Waals surface area contributed by atoms with E-state index in [0.29, 0.717) is 6.42 Å². The second-order valence-electron chi connectivity index (χ2n) is 8.32. The highest BCUT2D eigenvalue weighted by molar-refractivity contribution is 5.95. The van der Waals surface area contributed by atoms with Gasteiger partial charge in [-0.15, -0.1) is 0 Å². The first-order chi connectivity index (χ1) is 16.5.